The standard InChI is InChI=1S/C15H25N3O4/c1-3-5-16-13(19)11-10-12(11)14(20)17-6-8-18(9-7-17)15(21)22-4-2/h11-12H,3-10H2,1-2H3,(H,16,19). The van der Waals surface area contributed by atoms with E-state index in [2.05, 4.69) is 5.32 Å². The number of nitrogens with zero attached hydrogens (tertiary/aromatic N) is 2. The summed E-state index contributed by atoms with van der Waals surface area (Å²) in [6.07, 6.45) is 1.22. The summed E-state index contributed by atoms with van der Waals surface area (Å²) in [4.78, 5) is 39.2. The van der Waals surface area contributed by atoms with Crippen LogP contribution in [0.3, 0.4) is 0 Å². The second-order valence-corrected chi connectivity index (χ2v) is 5.75. The molecule has 3 amide bonds. The van der Waals surface area contributed by atoms with Gasteiger partial charge in [-0.1, -0.05) is 6.92 Å². The molecule has 2 rings (SSSR count). The summed E-state index contributed by atoms with van der Waals surface area (Å²) in [5, 5.41) is 2.84. The Kier molecular flexibility index (Phi) is 5.63. The summed E-state index contributed by atoms with van der Waals surface area (Å²) in [6.45, 7) is 6.79. The Balaban J connectivity index is 1.75. The first-order valence-electron chi connectivity index (χ1n) is 8.06. The molecule has 7 heteroatoms. The number of carbonyl (C=O) groups excluding carboxylic acids is 3. The Morgan fingerprint density at radius 2 is 1.68 bits per heavy atom. The van der Waals surface area contributed by atoms with Gasteiger partial charge in [-0.3, -0.25) is 9.59 Å². The van der Waals surface area contributed by atoms with Gasteiger partial charge in [0.15, 0.2) is 0 Å². The van der Waals surface area contributed by atoms with E-state index in [-0.39, 0.29) is 29.7 Å². The third-order valence-corrected chi connectivity index (χ3v) is 4.11. The van der Waals surface area contributed by atoms with Crippen LogP contribution in [-0.4, -0.2) is 67.0 Å². The SMILES string of the molecule is CCCNC(=O)C1CC1C(=O)N1CCN(C(=O)OCC)CC1. The summed E-state index contributed by atoms with van der Waals surface area (Å²) < 4.78 is 4.95. The fourth-order valence-electron chi connectivity index (χ4n) is 2.70. The monoisotopic (exact) mass is 311 g/mol. The predicted molar refractivity (Wildman–Crippen MR) is 80.1 cm³/mol. The van der Waals surface area contributed by atoms with Crippen molar-refractivity contribution in [3.8, 4) is 0 Å². The third-order valence-electron chi connectivity index (χ3n) is 4.11. The van der Waals surface area contributed by atoms with Gasteiger partial charge < -0.3 is 19.9 Å². The smallest absolute Gasteiger partial charge is 0.409 e. The summed E-state index contributed by atoms with van der Waals surface area (Å²) in [5.41, 5.74) is 0. The molecule has 0 bridgehead atoms. The molecule has 0 aromatic carbocycles. The number of carbonyl (C=O) groups is 3. The minimum atomic E-state index is -0.321. The molecule has 1 aliphatic heterocycles. The van der Waals surface area contributed by atoms with E-state index in [9.17, 15) is 14.4 Å². The van der Waals surface area contributed by atoms with Crippen molar-refractivity contribution >= 4 is 17.9 Å². The minimum Gasteiger partial charge on any atom is -0.450 e. The van der Waals surface area contributed by atoms with Crippen molar-refractivity contribution in [3.63, 3.8) is 0 Å². The zero-order valence-corrected chi connectivity index (χ0v) is 13.3. The Hall–Kier alpha value is -1.79. The van der Waals surface area contributed by atoms with Crippen molar-refractivity contribution in [2.75, 3.05) is 39.3 Å². The summed E-state index contributed by atoms with van der Waals surface area (Å²) >= 11 is 0. The lowest BCUT2D eigenvalue weighted by atomic mass is 10.2. The first kappa shape index (κ1) is 16.6. The predicted octanol–water partition coefficient (Wildman–Crippen LogP) is 0.449. The topological polar surface area (TPSA) is 79.0 Å². The van der Waals surface area contributed by atoms with Gasteiger partial charge in [-0.2, -0.15) is 0 Å². The molecule has 1 saturated carbocycles. The zero-order valence-electron chi connectivity index (χ0n) is 13.3. The molecular formula is C15H25N3O4. The van der Waals surface area contributed by atoms with Crippen LogP contribution < -0.4 is 5.32 Å². The first-order chi connectivity index (χ1) is 10.6. The molecule has 1 aliphatic carbocycles. The van der Waals surface area contributed by atoms with E-state index in [1.807, 2.05) is 6.92 Å². The third kappa shape index (κ3) is 3.90. The molecule has 1 saturated heterocycles. The average molecular weight is 311 g/mol. The minimum absolute atomic E-state index is 0.00893. The highest BCUT2D eigenvalue weighted by Gasteiger charge is 2.49. The van der Waals surface area contributed by atoms with Gasteiger partial charge in [0, 0.05) is 32.7 Å². The molecule has 2 aliphatic rings. The van der Waals surface area contributed by atoms with E-state index in [0.29, 0.717) is 45.8 Å². The van der Waals surface area contributed by atoms with Crippen LogP contribution in [0.4, 0.5) is 4.79 Å². The van der Waals surface area contributed by atoms with E-state index >= 15 is 0 Å². The molecule has 7 nitrogen and oxygen atoms in total. The number of piperazine rings is 1. The summed E-state index contributed by atoms with van der Waals surface area (Å²) in [5.74, 6) is -0.307. The van der Waals surface area contributed by atoms with Gasteiger partial charge in [0.25, 0.3) is 0 Å². The van der Waals surface area contributed by atoms with Crippen LogP contribution in [0.15, 0.2) is 0 Å². The Labute approximate surface area is 131 Å². The van der Waals surface area contributed by atoms with Gasteiger partial charge in [-0.05, 0) is 19.8 Å². The molecule has 22 heavy (non-hydrogen) atoms. The van der Waals surface area contributed by atoms with E-state index in [0.717, 1.165) is 6.42 Å². The van der Waals surface area contributed by atoms with Gasteiger partial charge in [-0.25, -0.2) is 4.79 Å². The number of nitrogens with one attached hydrogen (secondary N) is 1. The van der Waals surface area contributed by atoms with Gasteiger partial charge in [-0.15, -0.1) is 0 Å². The molecule has 2 fully saturated rings. The highest BCUT2D eigenvalue weighted by molar-refractivity contribution is 5.92. The lowest BCUT2D eigenvalue weighted by molar-refractivity contribution is -0.136. The maximum Gasteiger partial charge on any atom is 0.409 e. The van der Waals surface area contributed by atoms with Crippen LogP contribution in [0.1, 0.15) is 26.7 Å². The number of hydrogen-bond acceptors (Lipinski definition) is 4. The molecule has 0 radical (unpaired) electrons. The number of amides is 3. The molecule has 1 N–H and O–H groups in total. The van der Waals surface area contributed by atoms with E-state index in [1.54, 1.807) is 16.7 Å². The van der Waals surface area contributed by atoms with Crippen LogP contribution in [0.25, 0.3) is 0 Å². The molecule has 0 aromatic heterocycles. The molecule has 0 spiro atoms. The largest absolute Gasteiger partial charge is 0.450 e. The van der Waals surface area contributed by atoms with Crippen molar-refractivity contribution in [2.45, 2.75) is 26.7 Å². The molecule has 2 atom stereocenters. The molecule has 1 heterocycles. The highest BCUT2D eigenvalue weighted by atomic mass is 16.6. The lowest BCUT2D eigenvalue weighted by Gasteiger charge is -2.34. The quantitative estimate of drug-likeness (QED) is 0.799. The number of hydrogen-bond donors (Lipinski definition) is 1. The maximum absolute atomic E-state index is 12.4. The van der Waals surface area contributed by atoms with Gasteiger partial charge in [0.1, 0.15) is 0 Å². The number of ether oxygens (including phenoxy) is 1. The Bertz CT molecular complexity index is 433. The maximum atomic E-state index is 12.4. The van der Waals surface area contributed by atoms with Crippen molar-refractivity contribution in [1.82, 2.24) is 15.1 Å². The van der Waals surface area contributed by atoms with Crippen LogP contribution in [0, 0.1) is 11.8 Å². The summed E-state index contributed by atoms with van der Waals surface area (Å²) in [6, 6.07) is 0. The van der Waals surface area contributed by atoms with Gasteiger partial charge in [0.2, 0.25) is 11.8 Å². The normalized spacial score (nSPS) is 23.9. The van der Waals surface area contributed by atoms with E-state index in [4.69, 9.17) is 4.74 Å². The molecule has 0 aromatic rings. The fraction of sp³-hybridized carbons (Fsp3) is 0.800. The van der Waals surface area contributed by atoms with Crippen molar-refractivity contribution < 1.29 is 19.1 Å². The second-order valence-electron chi connectivity index (χ2n) is 5.75. The first-order valence-corrected chi connectivity index (χ1v) is 8.06. The fourth-order valence-corrected chi connectivity index (χ4v) is 2.70. The van der Waals surface area contributed by atoms with Crippen LogP contribution >= 0.6 is 0 Å². The Morgan fingerprint density at radius 1 is 1.05 bits per heavy atom. The van der Waals surface area contributed by atoms with Crippen molar-refractivity contribution in [3.05, 3.63) is 0 Å². The average Bonchev–Trinajstić information content (AvgIpc) is 3.33. The second kappa shape index (κ2) is 7.47. The molecule has 124 valence electrons. The Morgan fingerprint density at radius 3 is 2.27 bits per heavy atom. The van der Waals surface area contributed by atoms with E-state index in [1.165, 1.54) is 0 Å². The van der Waals surface area contributed by atoms with Crippen molar-refractivity contribution in [2.24, 2.45) is 11.8 Å². The van der Waals surface area contributed by atoms with Gasteiger partial charge in [0.05, 0.1) is 18.4 Å². The van der Waals surface area contributed by atoms with Crippen molar-refractivity contribution in [1.29, 1.82) is 0 Å². The number of rotatable bonds is 5. The zero-order chi connectivity index (χ0) is 16.1. The van der Waals surface area contributed by atoms with Crippen LogP contribution in [-0.2, 0) is 14.3 Å². The van der Waals surface area contributed by atoms with E-state index < -0.39 is 0 Å². The molecule has 2 unspecified atom stereocenters. The van der Waals surface area contributed by atoms with Crippen LogP contribution in [0.2, 0.25) is 0 Å². The molecular weight excluding hydrogens is 286 g/mol. The van der Waals surface area contributed by atoms with Gasteiger partial charge >= 0.3 is 6.09 Å². The lowest BCUT2D eigenvalue weighted by Crippen LogP contribution is -2.51. The van der Waals surface area contributed by atoms with Crippen LogP contribution in [0.5, 0.6) is 0 Å². The summed E-state index contributed by atoms with van der Waals surface area (Å²) in [7, 11) is 0. The highest BCUT2D eigenvalue weighted by Crippen LogP contribution is 2.40.